The van der Waals surface area contributed by atoms with Crippen LogP contribution in [0.25, 0.3) is 0 Å². The minimum absolute atomic E-state index is 0.546. The third-order valence-corrected chi connectivity index (χ3v) is 4.32. The molecule has 1 heterocycles. The van der Waals surface area contributed by atoms with Gasteiger partial charge in [-0.1, -0.05) is 13.8 Å². The Kier molecular flexibility index (Phi) is 2.38. The zero-order valence-electron chi connectivity index (χ0n) is 6.31. The topological polar surface area (TPSA) is 0 Å². The van der Waals surface area contributed by atoms with Crippen LogP contribution >= 0.6 is 23.5 Å². The lowest BCUT2D eigenvalue weighted by molar-refractivity contribution is 0.685. The van der Waals surface area contributed by atoms with E-state index in [2.05, 4.69) is 44.3 Å². The van der Waals surface area contributed by atoms with Gasteiger partial charge in [-0.25, -0.2) is 0 Å². The molecule has 9 heavy (non-hydrogen) atoms. The Balaban J connectivity index is 2.41. The summed E-state index contributed by atoms with van der Waals surface area (Å²) in [5, 5.41) is 0. The van der Waals surface area contributed by atoms with E-state index in [1.165, 1.54) is 12.2 Å². The van der Waals surface area contributed by atoms with Crippen LogP contribution in [0.1, 0.15) is 27.2 Å². The van der Waals surface area contributed by atoms with E-state index in [4.69, 9.17) is 0 Å². The van der Waals surface area contributed by atoms with E-state index in [-0.39, 0.29) is 0 Å². The Morgan fingerprint density at radius 3 is 2.44 bits per heavy atom. The van der Waals surface area contributed by atoms with Crippen LogP contribution in [0.15, 0.2) is 0 Å². The fourth-order valence-corrected chi connectivity index (χ4v) is 4.56. The minimum Gasteiger partial charge on any atom is -0.148 e. The molecule has 1 aliphatic rings. The molecule has 1 saturated heterocycles. The summed E-state index contributed by atoms with van der Waals surface area (Å²) < 4.78 is 1.36. The van der Waals surface area contributed by atoms with Crippen molar-refractivity contribution < 1.29 is 0 Å². The molecular formula is C7H14S2. The monoisotopic (exact) mass is 162 g/mol. The predicted octanol–water partition coefficient (Wildman–Crippen LogP) is 2.98. The van der Waals surface area contributed by atoms with E-state index in [1.807, 2.05) is 0 Å². The van der Waals surface area contributed by atoms with E-state index in [9.17, 15) is 0 Å². The van der Waals surface area contributed by atoms with Crippen molar-refractivity contribution in [3.8, 4) is 0 Å². The molecule has 0 radical (unpaired) electrons. The molecule has 0 nitrogen and oxygen atoms in total. The summed E-state index contributed by atoms with van der Waals surface area (Å²) in [5.41, 5.74) is 0. The van der Waals surface area contributed by atoms with Crippen LogP contribution in [0, 0.1) is 0 Å². The van der Waals surface area contributed by atoms with Crippen molar-refractivity contribution in [2.45, 2.75) is 36.5 Å². The lowest BCUT2D eigenvalue weighted by atomic mass is 10.1. The molecule has 0 aromatic carbocycles. The van der Waals surface area contributed by atoms with Gasteiger partial charge in [-0.05, 0) is 19.1 Å². The summed E-state index contributed by atoms with van der Waals surface area (Å²) in [6.07, 6.45) is 1.37. The highest BCUT2D eigenvalue weighted by molar-refractivity contribution is 8.18. The summed E-state index contributed by atoms with van der Waals surface area (Å²) in [6, 6.07) is 0. The molecule has 1 unspecified atom stereocenters. The molecule has 1 rings (SSSR count). The van der Waals surface area contributed by atoms with Crippen LogP contribution < -0.4 is 0 Å². The number of thioether (sulfide) groups is 2. The van der Waals surface area contributed by atoms with Gasteiger partial charge in [0.2, 0.25) is 0 Å². The standard InChI is InChI=1S/C7H14S2/c1-6-8-5-4-7(2,3)9-6/h6H,4-5H2,1-3H3. The fraction of sp³-hybridized carbons (Fsp3) is 1.00. The van der Waals surface area contributed by atoms with Gasteiger partial charge in [0.1, 0.15) is 0 Å². The zero-order valence-corrected chi connectivity index (χ0v) is 7.94. The van der Waals surface area contributed by atoms with Gasteiger partial charge in [-0.3, -0.25) is 0 Å². The second-order valence-electron chi connectivity index (χ2n) is 3.07. The van der Waals surface area contributed by atoms with Crippen molar-refractivity contribution in [1.82, 2.24) is 0 Å². The van der Waals surface area contributed by atoms with E-state index >= 15 is 0 Å². The summed E-state index contributed by atoms with van der Waals surface area (Å²) in [7, 11) is 0. The lowest BCUT2D eigenvalue weighted by Gasteiger charge is -2.32. The van der Waals surface area contributed by atoms with E-state index < -0.39 is 0 Å². The van der Waals surface area contributed by atoms with Crippen LogP contribution in [0.4, 0.5) is 0 Å². The van der Waals surface area contributed by atoms with E-state index in [1.54, 1.807) is 0 Å². The number of hydrogen-bond donors (Lipinski definition) is 0. The predicted molar refractivity (Wildman–Crippen MR) is 48.2 cm³/mol. The summed E-state index contributed by atoms with van der Waals surface area (Å²) >= 11 is 4.19. The summed E-state index contributed by atoms with van der Waals surface area (Å²) in [5.74, 6) is 1.35. The molecule has 0 aromatic rings. The second-order valence-corrected chi connectivity index (χ2v) is 6.86. The largest absolute Gasteiger partial charge is 0.148 e. The van der Waals surface area contributed by atoms with Crippen molar-refractivity contribution in [1.29, 1.82) is 0 Å². The van der Waals surface area contributed by atoms with Crippen LogP contribution in [0.3, 0.4) is 0 Å². The average molecular weight is 162 g/mol. The molecule has 0 bridgehead atoms. The first-order chi connectivity index (χ1) is 4.10. The molecule has 0 aliphatic carbocycles. The SMILES string of the molecule is CC1SCCC(C)(C)S1. The van der Waals surface area contributed by atoms with Crippen molar-refractivity contribution in [3.05, 3.63) is 0 Å². The molecule has 0 aromatic heterocycles. The number of hydrogen-bond acceptors (Lipinski definition) is 2. The Morgan fingerprint density at radius 1 is 1.44 bits per heavy atom. The highest BCUT2D eigenvalue weighted by Crippen LogP contribution is 2.42. The van der Waals surface area contributed by atoms with Gasteiger partial charge in [-0.15, -0.1) is 23.5 Å². The van der Waals surface area contributed by atoms with Crippen LogP contribution in [-0.2, 0) is 0 Å². The molecule has 0 spiro atoms. The molecule has 0 N–H and O–H groups in total. The van der Waals surface area contributed by atoms with Crippen molar-refractivity contribution in [2.24, 2.45) is 0 Å². The Bertz CT molecular complexity index is 99.1. The highest BCUT2D eigenvalue weighted by atomic mass is 32.2. The van der Waals surface area contributed by atoms with Gasteiger partial charge < -0.3 is 0 Å². The molecule has 1 fully saturated rings. The second kappa shape index (κ2) is 2.75. The number of rotatable bonds is 0. The van der Waals surface area contributed by atoms with Crippen molar-refractivity contribution in [2.75, 3.05) is 5.75 Å². The third kappa shape index (κ3) is 2.42. The minimum atomic E-state index is 0.546. The van der Waals surface area contributed by atoms with Crippen LogP contribution in [0.2, 0.25) is 0 Å². The first-order valence-electron chi connectivity index (χ1n) is 3.40. The van der Waals surface area contributed by atoms with Gasteiger partial charge in [-0.2, -0.15) is 0 Å². The van der Waals surface area contributed by atoms with Gasteiger partial charge in [0.25, 0.3) is 0 Å². The Morgan fingerprint density at radius 2 is 2.11 bits per heavy atom. The molecule has 0 saturated carbocycles. The maximum Gasteiger partial charge on any atom is 0.0479 e. The zero-order chi connectivity index (χ0) is 6.91. The first-order valence-corrected chi connectivity index (χ1v) is 5.32. The summed E-state index contributed by atoms with van der Waals surface area (Å²) in [6.45, 7) is 6.98. The normalized spacial score (nSPS) is 34.3. The smallest absolute Gasteiger partial charge is 0.0479 e. The first kappa shape index (κ1) is 7.80. The van der Waals surface area contributed by atoms with Crippen molar-refractivity contribution >= 4 is 23.5 Å². The molecule has 0 amide bonds. The van der Waals surface area contributed by atoms with E-state index in [0.29, 0.717) is 4.75 Å². The molecular weight excluding hydrogens is 148 g/mol. The van der Waals surface area contributed by atoms with Gasteiger partial charge in [0, 0.05) is 9.33 Å². The van der Waals surface area contributed by atoms with Crippen LogP contribution in [-0.4, -0.2) is 15.1 Å². The third-order valence-electron chi connectivity index (χ3n) is 1.54. The molecule has 2 heteroatoms. The Hall–Kier alpha value is 0.700. The maximum atomic E-state index is 2.34. The maximum absolute atomic E-state index is 2.34. The van der Waals surface area contributed by atoms with Gasteiger partial charge in [0.15, 0.2) is 0 Å². The highest BCUT2D eigenvalue weighted by Gasteiger charge is 2.25. The Labute approximate surface area is 66.2 Å². The quantitative estimate of drug-likeness (QED) is 0.537. The van der Waals surface area contributed by atoms with E-state index in [0.717, 1.165) is 4.58 Å². The molecule has 1 aliphatic heterocycles. The summed E-state index contributed by atoms with van der Waals surface area (Å²) in [4.78, 5) is 0. The van der Waals surface area contributed by atoms with Crippen LogP contribution in [0.5, 0.6) is 0 Å². The van der Waals surface area contributed by atoms with Crippen molar-refractivity contribution in [3.63, 3.8) is 0 Å². The molecule has 1 atom stereocenters. The molecule has 54 valence electrons. The van der Waals surface area contributed by atoms with Gasteiger partial charge in [0.05, 0.1) is 0 Å². The van der Waals surface area contributed by atoms with Gasteiger partial charge >= 0.3 is 0 Å². The average Bonchev–Trinajstić information content (AvgIpc) is 1.60. The lowest BCUT2D eigenvalue weighted by Crippen LogP contribution is -2.23. The fourth-order valence-electron chi connectivity index (χ4n) is 1.01.